The zero-order valence-electron chi connectivity index (χ0n) is 16.8. The molecule has 0 aliphatic carbocycles. The third kappa shape index (κ3) is 8.11. The molecule has 1 amide bonds. The lowest BCUT2D eigenvalue weighted by molar-refractivity contribution is -0.308. The van der Waals surface area contributed by atoms with Gasteiger partial charge in [0.15, 0.2) is 0 Å². The number of ether oxygens (including phenoxy) is 2. The molecule has 1 aliphatic rings. The number of hydrogen-bond acceptors (Lipinski definition) is 5. The molecule has 1 N–H and O–H groups in total. The number of rotatable bonds is 6. The minimum Gasteiger partial charge on any atom is -0.426 e. The van der Waals surface area contributed by atoms with E-state index in [0.29, 0.717) is 11.0 Å². The van der Waals surface area contributed by atoms with E-state index >= 15 is 0 Å². The highest BCUT2D eigenvalue weighted by Gasteiger charge is 2.60. The fourth-order valence-corrected chi connectivity index (χ4v) is 4.11. The molecule has 0 saturated carbocycles. The predicted octanol–water partition coefficient (Wildman–Crippen LogP) is 4.21. The van der Waals surface area contributed by atoms with Crippen LogP contribution in [0.2, 0.25) is 0 Å². The highest BCUT2D eigenvalue weighted by Crippen LogP contribution is 2.36. The third-order valence-corrected chi connectivity index (χ3v) is 6.02. The Morgan fingerprint density at radius 3 is 2.09 bits per heavy atom. The van der Waals surface area contributed by atoms with Crippen LogP contribution in [-0.4, -0.2) is 63.9 Å². The molecule has 1 aromatic rings. The lowest BCUT2D eigenvalue weighted by Gasteiger charge is -2.33. The minimum atomic E-state index is -5.85. The molecule has 34 heavy (non-hydrogen) atoms. The molecule has 0 atom stereocenters. The Labute approximate surface area is 186 Å². The third-order valence-electron chi connectivity index (χ3n) is 4.60. The molecule has 17 heteroatoms. The number of nitrogens with one attached hydrogen (secondary N) is 1. The summed E-state index contributed by atoms with van der Waals surface area (Å²) in [6, 6.07) is 3.58. The Morgan fingerprint density at radius 1 is 1.03 bits per heavy atom. The number of piperidine rings is 1. The van der Waals surface area contributed by atoms with Gasteiger partial charge in [0.25, 0.3) is 6.10 Å². The molecular formula is C17H17F9N2O5S. The normalized spacial score (nSPS) is 16.6. The Bertz CT molecular complexity index is 941. The van der Waals surface area contributed by atoms with Gasteiger partial charge in [-0.3, -0.25) is 0 Å². The topological polar surface area (TPSA) is 84.9 Å². The fraction of sp³-hybridized carbons (Fsp3) is 0.588. The number of amides is 1. The van der Waals surface area contributed by atoms with E-state index in [1.165, 1.54) is 0 Å². The molecule has 1 heterocycles. The highest BCUT2D eigenvalue weighted by molar-refractivity contribution is 7.89. The van der Waals surface area contributed by atoms with Crippen LogP contribution in [0.3, 0.4) is 0 Å². The molecule has 1 fully saturated rings. The maximum absolute atomic E-state index is 12.5. The first-order valence-electron chi connectivity index (χ1n) is 9.33. The van der Waals surface area contributed by atoms with Crippen LogP contribution < -0.4 is 9.46 Å². The number of carbonyl (C=O) groups is 1. The van der Waals surface area contributed by atoms with Gasteiger partial charge in [0.1, 0.15) is 5.75 Å². The number of hydrogen-bond donors (Lipinski definition) is 1. The van der Waals surface area contributed by atoms with Crippen LogP contribution in [0.5, 0.6) is 5.75 Å². The second-order valence-corrected chi connectivity index (χ2v) is 8.92. The summed E-state index contributed by atoms with van der Waals surface area (Å²) in [6.07, 6.45) is -22.8. The number of carbonyl (C=O) groups excluding carboxylic acids is 1. The van der Waals surface area contributed by atoms with Crippen molar-refractivity contribution in [2.24, 2.45) is 5.92 Å². The van der Waals surface area contributed by atoms with Crippen molar-refractivity contribution in [2.45, 2.75) is 42.6 Å². The van der Waals surface area contributed by atoms with Gasteiger partial charge in [0, 0.05) is 25.7 Å². The summed E-state index contributed by atoms with van der Waals surface area (Å²) < 4.78 is 146. The first kappa shape index (κ1) is 27.8. The number of nitrogens with zero attached hydrogens (tertiary/aromatic N) is 1. The second kappa shape index (κ2) is 10.1. The van der Waals surface area contributed by atoms with E-state index in [1.54, 1.807) is 0 Å². The monoisotopic (exact) mass is 532 g/mol. The van der Waals surface area contributed by atoms with E-state index in [2.05, 4.69) is 14.2 Å². The molecule has 1 aliphatic heterocycles. The Kier molecular flexibility index (Phi) is 8.22. The van der Waals surface area contributed by atoms with Crippen molar-refractivity contribution in [1.29, 1.82) is 0 Å². The number of halogens is 9. The highest BCUT2D eigenvalue weighted by atomic mass is 32.2. The van der Waals surface area contributed by atoms with Gasteiger partial charge in [-0.25, -0.2) is 17.9 Å². The molecule has 1 saturated heterocycles. The Balaban J connectivity index is 1.91. The second-order valence-electron chi connectivity index (χ2n) is 7.15. The van der Waals surface area contributed by atoms with E-state index in [0.717, 1.165) is 18.2 Å². The van der Waals surface area contributed by atoms with Crippen LogP contribution in [-0.2, 0) is 14.8 Å². The Hall–Kier alpha value is -2.43. The molecule has 0 spiro atoms. The fourth-order valence-electron chi connectivity index (χ4n) is 2.96. The minimum absolute atomic E-state index is 0.0115. The van der Waals surface area contributed by atoms with Crippen LogP contribution >= 0.6 is 0 Å². The van der Waals surface area contributed by atoms with Crippen molar-refractivity contribution in [1.82, 2.24) is 9.62 Å². The van der Waals surface area contributed by atoms with E-state index < -0.39 is 57.5 Å². The van der Waals surface area contributed by atoms with E-state index in [-0.39, 0.29) is 32.5 Å². The van der Waals surface area contributed by atoms with E-state index in [1.807, 2.05) is 0 Å². The quantitative estimate of drug-likeness (QED) is 0.556. The molecule has 0 radical (unpaired) electrons. The summed E-state index contributed by atoms with van der Waals surface area (Å²) in [4.78, 5) is 11.8. The van der Waals surface area contributed by atoms with Gasteiger partial charge in [-0.05, 0) is 30.9 Å². The Morgan fingerprint density at radius 2 is 1.59 bits per heavy atom. The largest absolute Gasteiger partial charge is 0.573 e. The van der Waals surface area contributed by atoms with Gasteiger partial charge in [-0.1, -0.05) is 6.07 Å². The number of alkyl halides is 9. The smallest absolute Gasteiger partial charge is 0.426 e. The predicted molar refractivity (Wildman–Crippen MR) is 95.0 cm³/mol. The maximum Gasteiger partial charge on any atom is 0.573 e. The summed E-state index contributed by atoms with van der Waals surface area (Å²) in [5.74, 6) is -1.23. The van der Waals surface area contributed by atoms with E-state index in [4.69, 9.17) is 0 Å². The molecule has 194 valence electrons. The van der Waals surface area contributed by atoms with Crippen LogP contribution in [0, 0.1) is 5.92 Å². The molecule has 1 aromatic carbocycles. The van der Waals surface area contributed by atoms with Crippen molar-refractivity contribution in [2.75, 3.05) is 19.6 Å². The molecule has 2 rings (SSSR count). The van der Waals surface area contributed by atoms with Crippen molar-refractivity contribution in [3.8, 4) is 5.75 Å². The zero-order valence-corrected chi connectivity index (χ0v) is 17.6. The van der Waals surface area contributed by atoms with Gasteiger partial charge < -0.3 is 14.4 Å². The van der Waals surface area contributed by atoms with Crippen molar-refractivity contribution < 1.29 is 62.2 Å². The van der Waals surface area contributed by atoms with Crippen LogP contribution in [0.25, 0.3) is 0 Å². The van der Waals surface area contributed by atoms with Crippen molar-refractivity contribution in [3.05, 3.63) is 24.3 Å². The number of sulfonamides is 1. The zero-order chi connectivity index (χ0) is 25.9. The van der Waals surface area contributed by atoms with Crippen molar-refractivity contribution >= 4 is 16.1 Å². The number of likely N-dealkylation sites (tertiary alicyclic amines) is 1. The van der Waals surface area contributed by atoms with Crippen molar-refractivity contribution in [3.63, 3.8) is 0 Å². The first-order chi connectivity index (χ1) is 15.4. The molecule has 0 unspecified atom stereocenters. The van der Waals surface area contributed by atoms with E-state index in [9.17, 15) is 52.7 Å². The lowest BCUT2D eigenvalue weighted by Crippen LogP contribution is -2.49. The molecule has 0 bridgehead atoms. The average molecular weight is 532 g/mol. The molecular weight excluding hydrogens is 515 g/mol. The van der Waals surface area contributed by atoms with Crippen LogP contribution in [0.1, 0.15) is 12.8 Å². The van der Waals surface area contributed by atoms with Gasteiger partial charge in [0.05, 0.1) is 4.90 Å². The lowest BCUT2D eigenvalue weighted by atomic mass is 9.97. The summed E-state index contributed by atoms with van der Waals surface area (Å²) in [6.45, 7) is -0.853. The number of benzene rings is 1. The first-order valence-corrected chi connectivity index (χ1v) is 10.8. The van der Waals surface area contributed by atoms with Crippen LogP contribution in [0.4, 0.5) is 44.3 Å². The molecule has 7 nitrogen and oxygen atoms in total. The van der Waals surface area contributed by atoms with Gasteiger partial charge in [-0.15, -0.1) is 13.2 Å². The van der Waals surface area contributed by atoms with Gasteiger partial charge in [0.2, 0.25) is 10.0 Å². The average Bonchev–Trinajstić information content (AvgIpc) is 2.68. The summed E-state index contributed by atoms with van der Waals surface area (Å²) in [7, 11) is -4.27. The van der Waals surface area contributed by atoms with Gasteiger partial charge in [-0.2, -0.15) is 26.3 Å². The summed E-state index contributed by atoms with van der Waals surface area (Å²) >= 11 is 0. The standard InChI is InChI=1S/C17H17F9N2O5S/c18-15(19,20)13(16(21,22)23)32-14(29)28-6-4-10(5-7-28)9-27-34(30,31)12-3-1-2-11(8-12)33-17(24,25)26/h1-3,8,10,13,27H,4-7,9H2. The van der Waals surface area contributed by atoms with Crippen LogP contribution in [0.15, 0.2) is 29.2 Å². The SMILES string of the molecule is O=C(OC(C(F)(F)F)C(F)(F)F)N1CCC(CNS(=O)(=O)c2cccc(OC(F)(F)F)c2)CC1. The summed E-state index contributed by atoms with van der Waals surface area (Å²) in [5.41, 5.74) is 0. The summed E-state index contributed by atoms with van der Waals surface area (Å²) in [5, 5.41) is 0. The molecule has 0 aromatic heterocycles. The van der Waals surface area contributed by atoms with Gasteiger partial charge >= 0.3 is 24.8 Å². The maximum atomic E-state index is 12.5.